The molecule has 1 rings (SSSR count). The second-order valence-electron chi connectivity index (χ2n) is 4.20. The smallest absolute Gasteiger partial charge is 0.157 e. The zero-order valence-corrected chi connectivity index (χ0v) is 10.6. The Hall–Kier alpha value is -1.03. The lowest BCUT2D eigenvalue weighted by Crippen LogP contribution is -2.17. The number of hydrogen-bond donors (Lipinski definition) is 1. The lowest BCUT2D eigenvalue weighted by atomic mass is 10.4. The Morgan fingerprint density at radius 3 is 2.88 bits per heavy atom. The Labute approximate surface area is 98.0 Å². The third-order valence-corrected chi connectivity index (χ3v) is 2.30. The summed E-state index contributed by atoms with van der Waals surface area (Å²) in [6.07, 6.45) is 5.94. The van der Waals surface area contributed by atoms with Crippen LogP contribution in [0.15, 0.2) is 12.4 Å². The van der Waals surface area contributed by atoms with Gasteiger partial charge in [0.1, 0.15) is 0 Å². The quantitative estimate of drug-likeness (QED) is 0.690. The molecule has 0 aliphatic rings. The fourth-order valence-electron chi connectivity index (χ4n) is 1.37. The highest BCUT2D eigenvalue weighted by Gasteiger charge is 2.01. The van der Waals surface area contributed by atoms with Gasteiger partial charge in [0.25, 0.3) is 0 Å². The molecule has 0 bridgehead atoms. The van der Waals surface area contributed by atoms with Gasteiger partial charge >= 0.3 is 0 Å². The van der Waals surface area contributed by atoms with E-state index < -0.39 is 0 Å². The summed E-state index contributed by atoms with van der Waals surface area (Å²) in [7, 11) is 0. The molecule has 0 aliphatic heterocycles. The maximum absolute atomic E-state index is 5.59. The third kappa shape index (κ3) is 4.66. The minimum absolute atomic E-state index is 0.392. The van der Waals surface area contributed by atoms with Crippen LogP contribution in [0.2, 0.25) is 0 Å². The van der Waals surface area contributed by atoms with Crippen LogP contribution in [0.3, 0.4) is 0 Å². The molecule has 0 spiro atoms. The van der Waals surface area contributed by atoms with Crippen molar-refractivity contribution in [2.45, 2.75) is 39.7 Å². The Morgan fingerprint density at radius 2 is 2.25 bits per heavy atom. The lowest BCUT2D eigenvalue weighted by Gasteiger charge is -2.05. The molecule has 1 aromatic heterocycles. The van der Waals surface area contributed by atoms with Crippen LogP contribution >= 0.6 is 0 Å². The summed E-state index contributed by atoms with van der Waals surface area (Å²) in [6, 6.07) is 0.392. The largest absolute Gasteiger partial charge is 0.490 e. The van der Waals surface area contributed by atoms with Gasteiger partial charge < -0.3 is 10.1 Å². The maximum Gasteiger partial charge on any atom is 0.157 e. The number of aromatic nitrogens is 2. The zero-order chi connectivity index (χ0) is 11.8. The van der Waals surface area contributed by atoms with Crippen molar-refractivity contribution >= 4 is 0 Å². The molecule has 0 aromatic carbocycles. The number of hydrogen-bond acceptors (Lipinski definition) is 3. The topological polar surface area (TPSA) is 39.1 Å². The molecule has 0 amide bonds. The maximum atomic E-state index is 5.59. The van der Waals surface area contributed by atoms with Gasteiger partial charge in [-0.25, -0.2) is 0 Å². The van der Waals surface area contributed by atoms with Crippen LogP contribution < -0.4 is 10.1 Å². The lowest BCUT2D eigenvalue weighted by molar-refractivity contribution is 0.307. The van der Waals surface area contributed by atoms with Gasteiger partial charge in [-0.05, 0) is 39.8 Å². The van der Waals surface area contributed by atoms with E-state index in [4.69, 9.17) is 4.74 Å². The molecule has 0 unspecified atom stereocenters. The summed E-state index contributed by atoms with van der Waals surface area (Å²) < 4.78 is 7.50. The Bertz CT molecular complexity index is 284. The van der Waals surface area contributed by atoms with E-state index in [1.807, 2.05) is 10.9 Å². The minimum atomic E-state index is 0.392. The summed E-state index contributed by atoms with van der Waals surface area (Å²) >= 11 is 0. The fourth-order valence-corrected chi connectivity index (χ4v) is 1.37. The molecule has 0 fully saturated rings. The molecule has 1 N–H and O–H groups in total. The van der Waals surface area contributed by atoms with Crippen LogP contribution in [0.5, 0.6) is 5.75 Å². The van der Waals surface area contributed by atoms with E-state index in [1.54, 1.807) is 6.20 Å². The van der Waals surface area contributed by atoms with Crippen molar-refractivity contribution in [3.63, 3.8) is 0 Å². The third-order valence-electron chi connectivity index (χ3n) is 2.30. The van der Waals surface area contributed by atoms with Gasteiger partial charge in [-0.3, -0.25) is 4.68 Å². The first-order valence-corrected chi connectivity index (χ1v) is 6.11. The molecule has 1 aromatic rings. The Balaban J connectivity index is 2.12. The first kappa shape index (κ1) is 13.0. The van der Waals surface area contributed by atoms with E-state index in [9.17, 15) is 0 Å². The number of nitrogens with zero attached hydrogens (tertiary/aromatic N) is 2. The van der Waals surface area contributed by atoms with E-state index in [-0.39, 0.29) is 0 Å². The Kier molecular flexibility index (Phi) is 5.93. The van der Waals surface area contributed by atoms with E-state index in [2.05, 4.69) is 31.2 Å². The number of nitrogens with one attached hydrogen (secondary N) is 1. The van der Waals surface area contributed by atoms with Crippen LogP contribution in [0.4, 0.5) is 0 Å². The highest BCUT2D eigenvalue weighted by molar-refractivity contribution is 5.11. The SMILES string of the molecule is CCCNCCCOc1cnn(C(C)C)c1. The van der Waals surface area contributed by atoms with Crippen LogP contribution in [0.1, 0.15) is 39.7 Å². The molecule has 16 heavy (non-hydrogen) atoms. The summed E-state index contributed by atoms with van der Waals surface area (Å²) in [4.78, 5) is 0. The zero-order valence-electron chi connectivity index (χ0n) is 10.6. The van der Waals surface area contributed by atoms with Crippen molar-refractivity contribution in [3.05, 3.63) is 12.4 Å². The minimum Gasteiger partial charge on any atom is -0.490 e. The first-order chi connectivity index (χ1) is 7.74. The van der Waals surface area contributed by atoms with Crippen LogP contribution in [-0.2, 0) is 0 Å². The van der Waals surface area contributed by atoms with Gasteiger partial charge in [0.2, 0.25) is 0 Å². The predicted octanol–water partition coefficient (Wildman–Crippen LogP) is 2.23. The molecule has 0 saturated heterocycles. The van der Waals surface area contributed by atoms with Crippen molar-refractivity contribution in [1.29, 1.82) is 0 Å². The van der Waals surface area contributed by atoms with Crippen molar-refractivity contribution in [2.75, 3.05) is 19.7 Å². The average molecular weight is 225 g/mol. The van der Waals surface area contributed by atoms with Crippen molar-refractivity contribution in [1.82, 2.24) is 15.1 Å². The van der Waals surface area contributed by atoms with Crippen molar-refractivity contribution < 1.29 is 4.74 Å². The summed E-state index contributed by atoms with van der Waals surface area (Å²) in [5.74, 6) is 0.865. The highest BCUT2D eigenvalue weighted by Crippen LogP contribution is 2.12. The molecule has 0 atom stereocenters. The molecule has 0 saturated carbocycles. The van der Waals surface area contributed by atoms with E-state index in [0.717, 1.165) is 31.9 Å². The standard InChI is InChI=1S/C12H23N3O/c1-4-6-13-7-5-8-16-12-9-14-15(10-12)11(2)3/h9-11,13H,4-8H2,1-3H3. The van der Waals surface area contributed by atoms with Crippen molar-refractivity contribution in [3.8, 4) is 5.75 Å². The normalized spacial score (nSPS) is 11.0. The van der Waals surface area contributed by atoms with Gasteiger partial charge in [0, 0.05) is 6.04 Å². The molecular weight excluding hydrogens is 202 g/mol. The molecule has 0 aliphatic carbocycles. The van der Waals surface area contributed by atoms with Gasteiger partial charge in [-0.2, -0.15) is 5.10 Å². The van der Waals surface area contributed by atoms with E-state index >= 15 is 0 Å². The summed E-state index contributed by atoms with van der Waals surface area (Å²) in [6.45, 7) is 9.23. The van der Waals surface area contributed by atoms with Crippen molar-refractivity contribution in [2.24, 2.45) is 0 Å². The average Bonchev–Trinajstić information content (AvgIpc) is 2.72. The molecular formula is C12H23N3O. The first-order valence-electron chi connectivity index (χ1n) is 6.11. The van der Waals surface area contributed by atoms with Crippen LogP contribution in [0.25, 0.3) is 0 Å². The monoisotopic (exact) mass is 225 g/mol. The Morgan fingerprint density at radius 1 is 1.44 bits per heavy atom. The summed E-state index contributed by atoms with van der Waals surface area (Å²) in [5, 5.41) is 7.56. The molecule has 92 valence electrons. The molecule has 1 heterocycles. The van der Waals surface area contributed by atoms with Gasteiger partial charge in [-0.1, -0.05) is 6.92 Å². The number of ether oxygens (including phenoxy) is 1. The summed E-state index contributed by atoms with van der Waals surface area (Å²) in [5.41, 5.74) is 0. The molecule has 4 heteroatoms. The van der Waals surface area contributed by atoms with E-state index in [0.29, 0.717) is 6.04 Å². The van der Waals surface area contributed by atoms with Crippen LogP contribution in [0, 0.1) is 0 Å². The second-order valence-corrected chi connectivity index (χ2v) is 4.20. The van der Waals surface area contributed by atoms with Gasteiger partial charge in [-0.15, -0.1) is 0 Å². The van der Waals surface area contributed by atoms with Gasteiger partial charge in [0.05, 0.1) is 19.0 Å². The van der Waals surface area contributed by atoms with Crippen LogP contribution in [-0.4, -0.2) is 29.5 Å². The fraction of sp³-hybridized carbons (Fsp3) is 0.750. The highest BCUT2D eigenvalue weighted by atomic mass is 16.5. The second kappa shape index (κ2) is 7.28. The van der Waals surface area contributed by atoms with E-state index in [1.165, 1.54) is 6.42 Å². The van der Waals surface area contributed by atoms with Gasteiger partial charge in [0.15, 0.2) is 5.75 Å². The molecule has 0 radical (unpaired) electrons. The number of rotatable bonds is 8. The molecule has 4 nitrogen and oxygen atoms in total. The predicted molar refractivity (Wildman–Crippen MR) is 65.9 cm³/mol.